The van der Waals surface area contributed by atoms with E-state index in [2.05, 4.69) is 15.6 Å². The van der Waals surface area contributed by atoms with Crippen LogP contribution in [-0.4, -0.2) is 26.0 Å². The summed E-state index contributed by atoms with van der Waals surface area (Å²) in [6, 6.07) is 12.5. The van der Waals surface area contributed by atoms with Gasteiger partial charge in [-0.05, 0) is 36.8 Å². The number of amidine groups is 1. The molecule has 2 aromatic rings. The van der Waals surface area contributed by atoms with Crippen molar-refractivity contribution in [1.29, 1.82) is 0 Å². The van der Waals surface area contributed by atoms with Crippen LogP contribution >= 0.6 is 0 Å². The van der Waals surface area contributed by atoms with E-state index in [-0.39, 0.29) is 5.82 Å². The number of aliphatic imine (C=N–C) groups is 1. The van der Waals surface area contributed by atoms with E-state index in [0.29, 0.717) is 11.4 Å². The Kier molecular flexibility index (Phi) is 4.23. The van der Waals surface area contributed by atoms with Crippen LogP contribution in [0.25, 0.3) is 0 Å². The molecule has 0 unspecified atom stereocenters. The topological polar surface area (TPSA) is 45.6 Å². The summed E-state index contributed by atoms with van der Waals surface area (Å²) >= 11 is 0. The van der Waals surface area contributed by atoms with Crippen molar-refractivity contribution in [3.05, 3.63) is 53.8 Å². The molecule has 0 saturated carbocycles. The standard InChI is InChI=1S/C17H18FN3O/c1-22-16-6-3-2-5-15(16)21-14-8-7-12(11-13(14)18)17-19-9-4-10-20-17/h2-3,5-8,11,21H,4,9-10H2,1H3,(H,19,20). The summed E-state index contributed by atoms with van der Waals surface area (Å²) in [6.07, 6.45) is 1.01. The molecule has 0 fully saturated rings. The summed E-state index contributed by atoms with van der Waals surface area (Å²) in [6.45, 7) is 1.66. The molecule has 3 rings (SSSR count). The second-order valence-corrected chi connectivity index (χ2v) is 5.03. The summed E-state index contributed by atoms with van der Waals surface area (Å²) in [5.41, 5.74) is 1.90. The number of benzene rings is 2. The predicted molar refractivity (Wildman–Crippen MR) is 86.7 cm³/mol. The highest BCUT2D eigenvalue weighted by atomic mass is 19.1. The second kappa shape index (κ2) is 6.47. The molecule has 5 heteroatoms. The average Bonchev–Trinajstić information content (AvgIpc) is 2.58. The van der Waals surface area contributed by atoms with E-state index < -0.39 is 0 Å². The van der Waals surface area contributed by atoms with Gasteiger partial charge in [0.25, 0.3) is 0 Å². The molecule has 2 aromatic carbocycles. The molecular weight excluding hydrogens is 281 g/mol. The van der Waals surface area contributed by atoms with Crippen LogP contribution in [0, 0.1) is 5.82 Å². The molecule has 0 radical (unpaired) electrons. The Bertz CT molecular complexity index is 700. The highest BCUT2D eigenvalue weighted by Crippen LogP contribution is 2.28. The first-order chi connectivity index (χ1) is 10.8. The first-order valence-corrected chi connectivity index (χ1v) is 7.26. The zero-order valence-electron chi connectivity index (χ0n) is 12.4. The third-order valence-corrected chi connectivity index (χ3v) is 3.52. The fraction of sp³-hybridized carbons (Fsp3) is 0.235. The summed E-state index contributed by atoms with van der Waals surface area (Å²) < 4.78 is 19.6. The van der Waals surface area contributed by atoms with Gasteiger partial charge < -0.3 is 15.4 Å². The number of para-hydroxylation sites is 2. The van der Waals surface area contributed by atoms with Crippen LogP contribution in [0.3, 0.4) is 0 Å². The number of anilines is 2. The molecular formula is C17H18FN3O. The molecule has 0 amide bonds. The summed E-state index contributed by atoms with van der Waals surface area (Å²) in [4.78, 5) is 4.38. The van der Waals surface area contributed by atoms with E-state index in [1.165, 1.54) is 6.07 Å². The molecule has 0 spiro atoms. The molecule has 1 heterocycles. The summed E-state index contributed by atoms with van der Waals surface area (Å²) in [5.74, 6) is 1.11. The highest BCUT2D eigenvalue weighted by molar-refractivity contribution is 5.99. The lowest BCUT2D eigenvalue weighted by Gasteiger charge is -2.16. The predicted octanol–water partition coefficient (Wildman–Crippen LogP) is 3.32. The Morgan fingerprint density at radius 1 is 1.18 bits per heavy atom. The molecule has 2 N–H and O–H groups in total. The van der Waals surface area contributed by atoms with Crippen molar-refractivity contribution < 1.29 is 9.13 Å². The molecule has 0 aliphatic carbocycles. The monoisotopic (exact) mass is 299 g/mol. The van der Waals surface area contributed by atoms with Crippen LogP contribution in [0.4, 0.5) is 15.8 Å². The number of methoxy groups -OCH3 is 1. The molecule has 22 heavy (non-hydrogen) atoms. The maximum Gasteiger partial charge on any atom is 0.147 e. The largest absolute Gasteiger partial charge is 0.495 e. The van der Waals surface area contributed by atoms with Crippen molar-refractivity contribution in [2.75, 3.05) is 25.5 Å². The van der Waals surface area contributed by atoms with E-state index in [0.717, 1.165) is 36.6 Å². The van der Waals surface area contributed by atoms with E-state index >= 15 is 0 Å². The fourth-order valence-electron chi connectivity index (χ4n) is 2.38. The number of hydrogen-bond acceptors (Lipinski definition) is 4. The molecule has 4 nitrogen and oxygen atoms in total. The molecule has 1 aliphatic rings. The van der Waals surface area contributed by atoms with E-state index in [9.17, 15) is 4.39 Å². The number of nitrogens with zero attached hydrogens (tertiary/aromatic N) is 1. The van der Waals surface area contributed by atoms with Gasteiger partial charge in [0.05, 0.1) is 18.5 Å². The van der Waals surface area contributed by atoms with Gasteiger partial charge in [-0.25, -0.2) is 4.39 Å². The van der Waals surface area contributed by atoms with Gasteiger partial charge in [0.2, 0.25) is 0 Å². The van der Waals surface area contributed by atoms with Gasteiger partial charge in [-0.2, -0.15) is 0 Å². The normalized spacial score (nSPS) is 14.0. The number of rotatable bonds is 4. The van der Waals surface area contributed by atoms with Crippen LogP contribution in [0.1, 0.15) is 12.0 Å². The van der Waals surface area contributed by atoms with E-state index in [4.69, 9.17) is 4.74 Å². The van der Waals surface area contributed by atoms with E-state index in [1.54, 1.807) is 13.2 Å². The Morgan fingerprint density at radius 3 is 2.77 bits per heavy atom. The van der Waals surface area contributed by atoms with Gasteiger partial charge in [0.15, 0.2) is 0 Å². The zero-order valence-corrected chi connectivity index (χ0v) is 12.4. The zero-order chi connectivity index (χ0) is 15.4. The van der Waals surface area contributed by atoms with Crippen LogP contribution in [-0.2, 0) is 0 Å². The summed E-state index contributed by atoms with van der Waals surface area (Å²) in [7, 11) is 1.59. The van der Waals surface area contributed by atoms with Crippen molar-refractivity contribution >= 4 is 17.2 Å². The van der Waals surface area contributed by atoms with E-state index in [1.807, 2.05) is 30.3 Å². The molecule has 0 aromatic heterocycles. The van der Waals surface area contributed by atoms with Crippen LogP contribution in [0.5, 0.6) is 5.75 Å². The smallest absolute Gasteiger partial charge is 0.147 e. The third kappa shape index (κ3) is 3.03. The fourth-order valence-corrected chi connectivity index (χ4v) is 2.38. The molecule has 1 aliphatic heterocycles. The molecule has 114 valence electrons. The highest BCUT2D eigenvalue weighted by Gasteiger charge is 2.11. The van der Waals surface area contributed by atoms with Crippen molar-refractivity contribution in [3.63, 3.8) is 0 Å². The van der Waals surface area contributed by atoms with Crippen molar-refractivity contribution in [1.82, 2.24) is 5.32 Å². The minimum atomic E-state index is -0.321. The molecule has 0 saturated heterocycles. The molecule has 0 bridgehead atoms. The Labute approximate surface area is 129 Å². The van der Waals surface area contributed by atoms with Gasteiger partial charge in [0, 0.05) is 18.7 Å². The first-order valence-electron chi connectivity index (χ1n) is 7.26. The van der Waals surface area contributed by atoms with Crippen molar-refractivity contribution in [3.8, 4) is 5.75 Å². The lowest BCUT2D eigenvalue weighted by molar-refractivity contribution is 0.417. The van der Waals surface area contributed by atoms with Gasteiger partial charge in [-0.15, -0.1) is 0 Å². The quantitative estimate of drug-likeness (QED) is 0.910. The SMILES string of the molecule is COc1ccccc1Nc1ccc(C2=NCCCN2)cc1F. The van der Waals surface area contributed by atoms with Gasteiger partial charge in [0.1, 0.15) is 17.4 Å². The van der Waals surface area contributed by atoms with Crippen LogP contribution in [0.2, 0.25) is 0 Å². The lowest BCUT2D eigenvalue weighted by Crippen LogP contribution is -2.30. The minimum absolute atomic E-state index is 0.321. The number of nitrogens with one attached hydrogen (secondary N) is 2. The number of ether oxygens (including phenoxy) is 1. The third-order valence-electron chi connectivity index (χ3n) is 3.52. The Morgan fingerprint density at radius 2 is 2.05 bits per heavy atom. The molecule has 0 atom stereocenters. The maximum atomic E-state index is 14.3. The Hall–Kier alpha value is -2.56. The van der Waals surface area contributed by atoms with Gasteiger partial charge in [-0.1, -0.05) is 12.1 Å². The first kappa shape index (κ1) is 14.4. The lowest BCUT2D eigenvalue weighted by atomic mass is 10.1. The van der Waals surface area contributed by atoms with Crippen molar-refractivity contribution in [2.45, 2.75) is 6.42 Å². The average molecular weight is 299 g/mol. The number of hydrogen-bond donors (Lipinski definition) is 2. The second-order valence-electron chi connectivity index (χ2n) is 5.03. The maximum absolute atomic E-state index is 14.3. The summed E-state index contributed by atoms with van der Waals surface area (Å²) in [5, 5.41) is 6.25. The van der Waals surface area contributed by atoms with Crippen LogP contribution < -0.4 is 15.4 Å². The number of halogens is 1. The van der Waals surface area contributed by atoms with Crippen molar-refractivity contribution in [2.24, 2.45) is 4.99 Å². The van der Waals surface area contributed by atoms with Crippen LogP contribution in [0.15, 0.2) is 47.5 Å². The van der Waals surface area contributed by atoms with Gasteiger partial charge in [-0.3, -0.25) is 4.99 Å². The van der Waals surface area contributed by atoms with Gasteiger partial charge >= 0.3 is 0 Å². The Balaban J connectivity index is 1.85. The minimum Gasteiger partial charge on any atom is -0.495 e.